The maximum Gasteiger partial charge on any atom is 0.119 e. The van der Waals surface area contributed by atoms with E-state index in [-0.39, 0.29) is 0 Å². The van der Waals surface area contributed by atoms with Crippen molar-refractivity contribution in [3.8, 4) is 11.8 Å². The summed E-state index contributed by atoms with van der Waals surface area (Å²) in [6.45, 7) is 0.378. The van der Waals surface area contributed by atoms with E-state index in [2.05, 4.69) is 0 Å². The molecule has 0 saturated carbocycles. The third kappa shape index (κ3) is 4.03. The number of ether oxygens (including phenoxy) is 1. The van der Waals surface area contributed by atoms with Gasteiger partial charge in [0, 0.05) is 21.7 Å². The number of hydrogen-bond acceptors (Lipinski definition) is 2. The van der Waals surface area contributed by atoms with Crippen LogP contribution in [-0.2, 0) is 6.61 Å². The second-order valence-corrected chi connectivity index (χ2v) is 4.90. The Labute approximate surface area is 127 Å². The minimum absolute atomic E-state index is 0.378. The first-order valence-electron chi connectivity index (χ1n) is 5.92. The molecule has 0 aromatic heterocycles. The van der Waals surface area contributed by atoms with Crippen LogP contribution in [0.3, 0.4) is 0 Å². The van der Waals surface area contributed by atoms with Gasteiger partial charge in [-0.2, -0.15) is 5.26 Å². The van der Waals surface area contributed by atoms with Gasteiger partial charge in [-0.25, -0.2) is 0 Å². The van der Waals surface area contributed by atoms with Crippen LogP contribution in [0, 0.1) is 11.3 Å². The van der Waals surface area contributed by atoms with Crippen molar-refractivity contribution in [1.82, 2.24) is 0 Å². The lowest BCUT2D eigenvalue weighted by Gasteiger charge is -2.08. The number of benzene rings is 2. The Balaban J connectivity index is 2.00. The number of rotatable bonds is 4. The van der Waals surface area contributed by atoms with Crippen molar-refractivity contribution in [1.29, 1.82) is 5.26 Å². The molecule has 0 aliphatic heterocycles. The molecule has 2 aromatic carbocycles. The molecular weight excluding hydrogens is 293 g/mol. The predicted octanol–water partition coefficient (Wildman–Crippen LogP) is 5.11. The molecule has 0 saturated heterocycles. The van der Waals surface area contributed by atoms with Gasteiger partial charge in [-0.15, -0.1) is 0 Å². The van der Waals surface area contributed by atoms with Gasteiger partial charge in [0.25, 0.3) is 0 Å². The summed E-state index contributed by atoms with van der Waals surface area (Å²) in [4.78, 5) is 0. The Bertz CT molecular complexity index is 657. The molecule has 0 unspecified atom stereocenters. The van der Waals surface area contributed by atoms with Crippen molar-refractivity contribution in [2.75, 3.05) is 0 Å². The molecule has 0 aliphatic rings. The molecule has 0 heterocycles. The van der Waals surface area contributed by atoms with Crippen molar-refractivity contribution in [3.63, 3.8) is 0 Å². The molecule has 100 valence electrons. The van der Waals surface area contributed by atoms with Gasteiger partial charge in [0.05, 0.1) is 6.07 Å². The Hall–Kier alpha value is -1.95. The lowest BCUT2D eigenvalue weighted by molar-refractivity contribution is 0.306. The SMILES string of the molecule is N#CC=Cc1ccc(OCc2ccc(Cl)cc2Cl)cc1. The molecule has 2 rings (SSSR count). The van der Waals surface area contributed by atoms with Crippen LogP contribution in [0.25, 0.3) is 6.08 Å². The Morgan fingerprint density at radius 2 is 1.85 bits per heavy atom. The van der Waals surface area contributed by atoms with Gasteiger partial charge in [0.15, 0.2) is 0 Å². The molecule has 4 heteroatoms. The summed E-state index contributed by atoms with van der Waals surface area (Å²) in [6.07, 6.45) is 3.17. The van der Waals surface area contributed by atoms with E-state index in [9.17, 15) is 0 Å². The second-order valence-electron chi connectivity index (χ2n) is 4.06. The van der Waals surface area contributed by atoms with Gasteiger partial charge in [0.2, 0.25) is 0 Å². The zero-order valence-electron chi connectivity index (χ0n) is 10.5. The topological polar surface area (TPSA) is 33.0 Å². The summed E-state index contributed by atoms with van der Waals surface area (Å²) < 4.78 is 5.66. The highest BCUT2D eigenvalue weighted by Gasteiger charge is 2.02. The first kappa shape index (κ1) is 14.5. The van der Waals surface area contributed by atoms with Gasteiger partial charge in [-0.1, -0.05) is 41.4 Å². The Morgan fingerprint density at radius 1 is 1.10 bits per heavy atom. The maximum absolute atomic E-state index is 8.45. The van der Waals surface area contributed by atoms with E-state index < -0.39 is 0 Å². The van der Waals surface area contributed by atoms with E-state index in [1.165, 1.54) is 6.08 Å². The average molecular weight is 304 g/mol. The fraction of sp³-hybridized carbons (Fsp3) is 0.0625. The molecule has 0 radical (unpaired) electrons. The maximum atomic E-state index is 8.45. The minimum atomic E-state index is 0.378. The first-order valence-corrected chi connectivity index (χ1v) is 6.67. The Kier molecular flexibility index (Phi) is 5.06. The molecule has 2 aromatic rings. The molecule has 0 N–H and O–H groups in total. The fourth-order valence-electron chi connectivity index (χ4n) is 1.61. The van der Waals surface area contributed by atoms with Gasteiger partial charge >= 0.3 is 0 Å². The Morgan fingerprint density at radius 3 is 2.50 bits per heavy atom. The summed E-state index contributed by atoms with van der Waals surface area (Å²) in [7, 11) is 0. The normalized spacial score (nSPS) is 10.4. The summed E-state index contributed by atoms with van der Waals surface area (Å²) in [5.41, 5.74) is 1.83. The van der Waals surface area contributed by atoms with E-state index in [1.807, 2.05) is 36.4 Å². The molecular formula is C16H11Cl2NO. The molecule has 0 amide bonds. The van der Waals surface area contributed by atoms with Crippen LogP contribution >= 0.6 is 23.2 Å². The number of nitrogens with zero attached hydrogens (tertiary/aromatic N) is 1. The summed E-state index contributed by atoms with van der Waals surface area (Å²) in [6, 6.07) is 14.7. The van der Waals surface area contributed by atoms with E-state index in [1.54, 1.807) is 18.2 Å². The standard InChI is InChI=1S/C16H11Cl2NO/c17-14-6-5-13(16(18)10-14)11-20-15-7-3-12(4-8-15)2-1-9-19/h1-8,10H,11H2. The minimum Gasteiger partial charge on any atom is -0.489 e. The lowest BCUT2D eigenvalue weighted by atomic mass is 10.2. The highest BCUT2D eigenvalue weighted by Crippen LogP contribution is 2.23. The first-order chi connectivity index (χ1) is 9.69. The van der Waals surface area contributed by atoms with Crippen molar-refractivity contribution in [3.05, 3.63) is 69.7 Å². The molecule has 0 aliphatic carbocycles. The summed E-state index contributed by atoms with van der Waals surface area (Å²) in [5, 5.41) is 9.65. The van der Waals surface area contributed by atoms with E-state index in [0.29, 0.717) is 16.7 Å². The van der Waals surface area contributed by atoms with Crippen molar-refractivity contribution in [2.24, 2.45) is 0 Å². The summed E-state index contributed by atoms with van der Waals surface area (Å²) >= 11 is 11.9. The number of halogens is 2. The van der Waals surface area contributed by atoms with Crippen molar-refractivity contribution >= 4 is 29.3 Å². The zero-order chi connectivity index (χ0) is 14.4. The smallest absolute Gasteiger partial charge is 0.119 e. The monoisotopic (exact) mass is 303 g/mol. The molecule has 0 atom stereocenters. The van der Waals surface area contributed by atoms with E-state index >= 15 is 0 Å². The van der Waals surface area contributed by atoms with Gasteiger partial charge in [-0.3, -0.25) is 0 Å². The predicted molar refractivity (Wildman–Crippen MR) is 81.9 cm³/mol. The van der Waals surface area contributed by atoms with Crippen LogP contribution in [0.15, 0.2) is 48.5 Å². The number of allylic oxidation sites excluding steroid dienone is 1. The lowest BCUT2D eigenvalue weighted by Crippen LogP contribution is -1.96. The zero-order valence-corrected chi connectivity index (χ0v) is 12.0. The van der Waals surface area contributed by atoms with Gasteiger partial charge < -0.3 is 4.74 Å². The quantitative estimate of drug-likeness (QED) is 0.735. The van der Waals surface area contributed by atoms with Crippen LogP contribution in [0.2, 0.25) is 10.0 Å². The third-order valence-electron chi connectivity index (χ3n) is 2.64. The molecule has 0 bridgehead atoms. The fourth-order valence-corrected chi connectivity index (χ4v) is 2.07. The van der Waals surface area contributed by atoms with Crippen LogP contribution in [0.5, 0.6) is 5.75 Å². The van der Waals surface area contributed by atoms with Crippen LogP contribution in [0.1, 0.15) is 11.1 Å². The molecule has 2 nitrogen and oxygen atoms in total. The van der Waals surface area contributed by atoms with Gasteiger partial charge in [0.1, 0.15) is 12.4 Å². The van der Waals surface area contributed by atoms with E-state index in [0.717, 1.165) is 16.9 Å². The highest BCUT2D eigenvalue weighted by molar-refractivity contribution is 6.35. The summed E-state index contributed by atoms with van der Waals surface area (Å²) in [5.74, 6) is 0.741. The van der Waals surface area contributed by atoms with Crippen LogP contribution < -0.4 is 4.74 Å². The van der Waals surface area contributed by atoms with Crippen LogP contribution in [0.4, 0.5) is 0 Å². The second kappa shape index (κ2) is 7.00. The molecule has 20 heavy (non-hydrogen) atoms. The largest absolute Gasteiger partial charge is 0.489 e. The highest BCUT2D eigenvalue weighted by atomic mass is 35.5. The number of hydrogen-bond donors (Lipinski definition) is 0. The molecule has 0 fully saturated rings. The molecule has 0 spiro atoms. The van der Waals surface area contributed by atoms with Crippen molar-refractivity contribution < 1.29 is 4.74 Å². The third-order valence-corrected chi connectivity index (χ3v) is 3.23. The van der Waals surface area contributed by atoms with E-state index in [4.69, 9.17) is 33.2 Å². The van der Waals surface area contributed by atoms with Crippen LogP contribution in [-0.4, -0.2) is 0 Å². The van der Waals surface area contributed by atoms with Gasteiger partial charge in [-0.05, 0) is 35.9 Å². The average Bonchev–Trinajstić information content (AvgIpc) is 2.45. The number of nitriles is 1. The van der Waals surface area contributed by atoms with Crippen molar-refractivity contribution in [2.45, 2.75) is 6.61 Å².